The first-order chi connectivity index (χ1) is 8.44. The molecule has 0 unspecified atom stereocenters. The maximum atomic E-state index is 13.7. The maximum absolute atomic E-state index is 13.7. The van der Waals surface area contributed by atoms with Crippen LogP contribution in [0.5, 0.6) is 5.75 Å². The first kappa shape index (κ1) is 15.5. The number of alkyl carbamates (subject to hydrolysis) is 1. The van der Waals surface area contributed by atoms with E-state index in [1.807, 2.05) is 0 Å². The molecule has 0 aromatic heterocycles. The molecule has 19 heavy (non-hydrogen) atoms. The molecular formula is C12H14ClF2NO3. The van der Waals surface area contributed by atoms with Crippen molar-refractivity contribution in [2.75, 3.05) is 13.7 Å². The number of aryl methyl sites for hydroxylation is 1. The van der Waals surface area contributed by atoms with Crippen LogP contribution in [0.25, 0.3) is 0 Å². The number of hydrogen-bond donors (Lipinski definition) is 1. The second kappa shape index (κ2) is 5.61. The van der Waals surface area contributed by atoms with Gasteiger partial charge in [0.05, 0.1) is 7.11 Å². The quantitative estimate of drug-likeness (QED) is 0.912. The number of ether oxygens (including phenoxy) is 2. The Morgan fingerprint density at radius 1 is 1.47 bits per heavy atom. The topological polar surface area (TPSA) is 47.6 Å². The Hall–Kier alpha value is -1.56. The third kappa shape index (κ3) is 3.07. The summed E-state index contributed by atoms with van der Waals surface area (Å²) in [4.78, 5) is 11.1. The molecule has 1 saturated heterocycles. The largest absolute Gasteiger partial charge is 0.496 e. The zero-order valence-corrected chi connectivity index (χ0v) is 11.2. The van der Waals surface area contributed by atoms with Crippen LogP contribution < -0.4 is 10.1 Å². The van der Waals surface area contributed by atoms with Crippen LogP contribution in [0.4, 0.5) is 13.6 Å². The van der Waals surface area contributed by atoms with Crippen LogP contribution >= 0.6 is 12.4 Å². The van der Waals surface area contributed by atoms with E-state index < -0.39 is 24.7 Å². The highest BCUT2D eigenvalue weighted by atomic mass is 35.5. The highest BCUT2D eigenvalue weighted by molar-refractivity contribution is 5.85. The Kier molecular flexibility index (Phi) is 4.57. The number of methoxy groups -OCH3 is 1. The zero-order valence-electron chi connectivity index (χ0n) is 10.4. The van der Waals surface area contributed by atoms with Crippen molar-refractivity contribution in [3.8, 4) is 5.75 Å². The van der Waals surface area contributed by atoms with E-state index in [9.17, 15) is 13.6 Å². The van der Waals surface area contributed by atoms with E-state index in [4.69, 9.17) is 4.74 Å². The summed E-state index contributed by atoms with van der Waals surface area (Å²) in [7, 11) is 1.51. The van der Waals surface area contributed by atoms with Gasteiger partial charge in [0, 0.05) is 0 Å². The summed E-state index contributed by atoms with van der Waals surface area (Å²) in [5, 5.41) is 2.14. The van der Waals surface area contributed by atoms with Crippen molar-refractivity contribution in [3.05, 3.63) is 29.3 Å². The summed E-state index contributed by atoms with van der Waals surface area (Å²) in [6.07, 6.45) is -0.834. The summed E-state index contributed by atoms with van der Waals surface area (Å²) >= 11 is 0. The predicted octanol–water partition coefficient (Wildman–Crippen LogP) is 2.84. The molecule has 1 aromatic carbocycles. The summed E-state index contributed by atoms with van der Waals surface area (Å²) in [5.74, 6) is -2.52. The lowest BCUT2D eigenvalue weighted by Crippen LogP contribution is -2.49. The van der Waals surface area contributed by atoms with Gasteiger partial charge in [-0.15, -0.1) is 12.4 Å². The Morgan fingerprint density at radius 3 is 2.74 bits per heavy atom. The third-order valence-corrected chi connectivity index (χ3v) is 2.83. The van der Waals surface area contributed by atoms with Gasteiger partial charge >= 0.3 is 12.0 Å². The van der Waals surface area contributed by atoms with Crippen LogP contribution in [0.1, 0.15) is 17.2 Å². The number of carbonyl (C=O) groups is 1. The van der Waals surface area contributed by atoms with Crippen LogP contribution in [0.3, 0.4) is 0 Å². The van der Waals surface area contributed by atoms with Gasteiger partial charge in [0.2, 0.25) is 0 Å². The molecule has 2 rings (SSSR count). The number of hydrogen-bond acceptors (Lipinski definition) is 3. The Labute approximate surface area is 115 Å². The Morgan fingerprint density at radius 2 is 2.16 bits per heavy atom. The molecule has 0 bridgehead atoms. The SMILES string of the molecule is COc1ccc([C@H]2NC(=O)OCC2(F)F)cc1C.Cl. The highest BCUT2D eigenvalue weighted by Crippen LogP contribution is 2.35. The number of halogens is 3. The molecular weight excluding hydrogens is 280 g/mol. The maximum Gasteiger partial charge on any atom is 0.408 e. The molecule has 4 nitrogen and oxygen atoms in total. The smallest absolute Gasteiger partial charge is 0.408 e. The normalized spacial score (nSPS) is 20.8. The number of nitrogens with one attached hydrogen (secondary N) is 1. The zero-order chi connectivity index (χ0) is 13.3. The molecule has 1 atom stereocenters. The van der Waals surface area contributed by atoms with Crippen molar-refractivity contribution in [1.82, 2.24) is 5.32 Å². The highest BCUT2D eigenvalue weighted by Gasteiger charge is 2.46. The number of cyclic esters (lactones) is 1. The van der Waals surface area contributed by atoms with Crippen LogP contribution in [0, 0.1) is 6.92 Å². The minimum Gasteiger partial charge on any atom is -0.496 e. The third-order valence-electron chi connectivity index (χ3n) is 2.83. The van der Waals surface area contributed by atoms with Crippen molar-refractivity contribution < 1.29 is 23.0 Å². The summed E-state index contributed by atoms with van der Waals surface area (Å²) < 4.78 is 36.7. The monoisotopic (exact) mass is 293 g/mol. The molecule has 1 N–H and O–H groups in total. The molecule has 0 aliphatic carbocycles. The minimum atomic E-state index is -3.13. The fourth-order valence-corrected chi connectivity index (χ4v) is 1.92. The first-order valence-corrected chi connectivity index (χ1v) is 5.39. The van der Waals surface area contributed by atoms with E-state index in [1.165, 1.54) is 13.2 Å². The molecule has 7 heteroatoms. The fraction of sp³-hybridized carbons (Fsp3) is 0.417. The van der Waals surface area contributed by atoms with Crippen LogP contribution in [-0.4, -0.2) is 25.7 Å². The van der Waals surface area contributed by atoms with Gasteiger partial charge in [-0.05, 0) is 24.1 Å². The molecule has 1 fully saturated rings. The summed E-state index contributed by atoms with van der Waals surface area (Å²) in [6, 6.07) is 3.31. The molecule has 1 aliphatic heterocycles. The first-order valence-electron chi connectivity index (χ1n) is 5.39. The molecule has 1 aromatic rings. The van der Waals surface area contributed by atoms with E-state index in [0.717, 1.165) is 5.56 Å². The van der Waals surface area contributed by atoms with E-state index in [1.54, 1.807) is 19.1 Å². The predicted molar refractivity (Wildman–Crippen MR) is 67.2 cm³/mol. The molecule has 1 heterocycles. The summed E-state index contributed by atoms with van der Waals surface area (Å²) in [6.45, 7) is 0.843. The van der Waals surface area contributed by atoms with Gasteiger partial charge < -0.3 is 14.8 Å². The standard InChI is InChI=1S/C12H13F2NO3.ClH/c1-7-5-8(3-4-9(7)17-2)10-12(13,14)6-18-11(16)15-10;/h3-5,10H,6H2,1-2H3,(H,15,16);1H/t10-;/m1./s1. The van der Waals surface area contributed by atoms with E-state index in [-0.39, 0.29) is 12.4 Å². The Balaban J connectivity index is 0.00000180. The molecule has 106 valence electrons. The van der Waals surface area contributed by atoms with E-state index >= 15 is 0 Å². The minimum absolute atomic E-state index is 0. The number of carbonyl (C=O) groups excluding carboxylic acids is 1. The van der Waals surface area contributed by atoms with Gasteiger partial charge in [0.25, 0.3) is 0 Å². The number of rotatable bonds is 2. The van der Waals surface area contributed by atoms with Crippen molar-refractivity contribution in [2.45, 2.75) is 18.9 Å². The van der Waals surface area contributed by atoms with Crippen LogP contribution in [0.15, 0.2) is 18.2 Å². The number of alkyl halides is 2. The van der Waals surface area contributed by atoms with E-state index in [0.29, 0.717) is 11.3 Å². The van der Waals surface area contributed by atoms with Gasteiger partial charge in [-0.2, -0.15) is 0 Å². The Bertz CT molecular complexity index is 482. The van der Waals surface area contributed by atoms with Gasteiger partial charge in [-0.1, -0.05) is 12.1 Å². The lowest BCUT2D eigenvalue weighted by Gasteiger charge is -2.32. The number of amides is 1. The van der Waals surface area contributed by atoms with E-state index in [2.05, 4.69) is 10.1 Å². The van der Waals surface area contributed by atoms with Gasteiger partial charge in [0.1, 0.15) is 11.8 Å². The molecule has 0 radical (unpaired) electrons. The summed E-state index contributed by atoms with van der Waals surface area (Å²) in [5.41, 5.74) is 1.06. The molecule has 0 spiro atoms. The van der Waals surface area contributed by atoms with Crippen molar-refractivity contribution in [2.24, 2.45) is 0 Å². The van der Waals surface area contributed by atoms with Crippen molar-refractivity contribution in [1.29, 1.82) is 0 Å². The second-order valence-corrected chi connectivity index (χ2v) is 4.14. The van der Waals surface area contributed by atoms with Gasteiger partial charge in [0.15, 0.2) is 6.61 Å². The number of benzene rings is 1. The van der Waals surface area contributed by atoms with Crippen molar-refractivity contribution >= 4 is 18.5 Å². The molecule has 0 saturated carbocycles. The van der Waals surface area contributed by atoms with Gasteiger partial charge in [-0.3, -0.25) is 0 Å². The molecule has 1 amide bonds. The van der Waals surface area contributed by atoms with Gasteiger partial charge in [-0.25, -0.2) is 13.6 Å². The second-order valence-electron chi connectivity index (χ2n) is 4.14. The lowest BCUT2D eigenvalue weighted by molar-refractivity contribution is -0.104. The van der Waals surface area contributed by atoms with Crippen LogP contribution in [0.2, 0.25) is 0 Å². The molecule has 1 aliphatic rings. The lowest BCUT2D eigenvalue weighted by atomic mass is 9.98. The average molecular weight is 294 g/mol. The average Bonchev–Trinajstić information content (AvgIpc) is 2.32. The fourth-order valence-electron chi connectivity index (χ4n) is 1.92. The van der Waals surface area contributed by atoms with Crippen LogP contribution in [-0.2, 0) is 4.74 Å². The van der Waals surface area contributed by atoms with Crippen molar-refractivity contribution in [3.63, 3.8) is 0 Å².